The molecule has 0 bridgehead atoms. The SMILES string of the molecule is COC(=O)CCc1cc(F)cc2ccc(C)nc12. The van der Waals surface area contributed by atoms with Gasteiger partial charge in [-0.1, -0.05) is 6.07 Å². The molecule has 1 aromatic carbocycles. The van der Waals surface area contributed by atoms with Crippen molar-refractivity contribution in [2.45, 2.75) is 19.8 Å². The van der Waals surface area contributed by atoms with Gasteiger partial charge in [0.25, 0.3) is 0 Å². The maximum Gasteiger partial charge on any atom is 0.305 e. The second kappa shape index (κ2) is 5.12. The number of nitrogens with zero attached hydrogens (tertiary/aromatic N) is 1. The van der Waals surface area contributed by atoms with Gasteiger partial charge in [0.15, 0.2) is 0 Å². The fraction of sp³-hybridized carbons (Fsp3) is 0.286. The Hall–Kier alpha value is -1.97. The molecule has 0 atom stereocenters. The van der Waals surface area contributed by atoms with Crippen LogP contribution >= 0.6 is 0 Å². The molecular formula is C14H14FNO2. The van der Waals surface area contributed by atoms with E-state index in [1.165, 1.54) is 19.2 Å². The van der Waals surface area contributed by atoms with Gasteiger partial charge in [-0.25, -0.2) is 4.39 Å². The first-order chi connectivity index (χ1) is 8.60. The molecule has 0 fully saturated rings. The summed E-state index contributed by atoms with van der Waals surface area (Å²) < 4.78 is 18.0. The van der Waals surface area contributed by atoms with Gasteiger partial charge < -0.3 is 4.74 Å². The number of methoxy groups -OCH3 is 1. The third kappa shape index (κ3) is 2.64. The van der Waals surface area contributed by atoms with Crippen LogP contribution in [0.2, 0.25) is 0 Å². The molecule has 2 aromatic rings. The van der Waals surface area contributed by atoms with E-state index in [-0.39, 0.29) is 18.2 Å². The summed E-state index contributed by atoms with van der Waals surface area (Å²) in [4.78, 5) is 15.5. The average molecular weight is 247 g/mol. The van der Waals surface area contributed by atoms with Gasteiger partial charge in [0.2, 0.25) is 0 Å². The number of aromatic nitrogens is 1. The predicted molar refractivity (Wildman–Crippen MR) is 66.8 cm³/mol. The molecule has 4 heteroatoms. The Morgan fingerprint density at radius 2 is 2.17 bits per heavy atom. The first-order valence-electron chi connectivity index (χ1n) is 5.73. The van der Waals surface area contributed by atoms with Gasteiger partial charge in [-0.15, -0.1) is 0 Å². The van der Waals surface area contributed by atoms with Crippen LogP contribution in [0.4, 0.5) is 4.39 Å². The van der Waals surface area contributed by atoms with Gasteiger partial charge >= 0.3 is 5.97 Å². The van der Waals surface area contributed by atoms with Gasteiger partial charge in [0.1, 0.15) is 5.82 Å². The van der Waals surface area contributed by atoms with E-state index in [1.807, 2.05) is 19.1 Å². The largest absolute Gasteiger partial charge is 0.469 e. The number of benzene rings is 1. The quantitative estimate of drug-likeness (QED) is 0.783. The van der Waals surface area contributed by atoms with Gasteiger partial charge in [-0.2, -0.15) is 0 Å². The topological polar surface area (TPSA) is 39.2 Å². The van der Waals surface area contributed by atoms with E-state index < -0.39 is 0 Å². The normalized spacial score (nSPS) is 10.6. The molecule has 94 valence electrons. The Morgan fingerprint density at radius 3 is 2.89 bits per heavy atom. The van der Waals surface area contributed by atoms with Crippen molar-refractivity contribution in [2.24, 2.45) is 0 Å². The van der Waals surface area contributed by atoms with Crippen LogP contribution in [0.3, 0.4) is 0 Å². The van der Waals surface area contributed by atoms with Crippen molar-refractivity contribution in [1.82, 2.24) is 4.98 Å². The smallest absolute Gasteiger partial charge is 0.305 e. The maximum absolute atomic E-state index is 13.5. The summed E-state index contributed by atoms with van der Waals surface area (Å²) >= 11 is 0. The highest BCUT2D eigenvalue weighted by Crippen LogP contribution is 2.20. The van der Waals surface area contributed by atoms with Crippen molar-refractivity contribution in [3.63, 3.8) is 0 Å². The van der Waals surface area contributed by atoms with Crippen LogP contribution in [-0.2, 0) is 16.0 Å². The summed E-state index contributed by atoms with van der Waals surface area (Å²) in [6, 6.07) is 6.55. The fourth-order valence-electron chi connectivity index (χ4n) is 1.90. The second-order valence-corrected chi connectivity index (χ2v) is 4.17. The van der Waals surface area contributed by atoms with Crippen molar-refractivity contribution >= 4 is 16.9 Å². The number of aryl methyl sites for hydroxylation is 2. The lowest BCUT2D eigenvalue weighted by Gasteiger charge is -2.07. The summed E-state index contributed by atoms with van der Waals surface area (Å²) in [5.74, 6) is -0.618. The highest BCUT2D eigenvalue weighted by atomic mass is 19.1. The lowest BCUT2D eigenvalue weighted by atomic mass is 10.0. The Balaban J connectivity index is 2.41. The van der Waals surface area contributed by atoms with Crippen LogP contribution in [0, 0.1) is 12.7 Å². The minimum atomic E-state index is -0.312. The molecule has 0 aliphatic rings. The lowest BCUT2D eigenvalue weighted by molar-refractivity contribution is -0.140. The molecule has 1 heterocycles. The number of esters is 1. The third-order valence-electron chi connectivity index (χ3n) is 2.80. The third-order valence-corrected chi connectivity index (χ3v) is 2.80. The molecule has 0 aliphatic carbocycles. The van der Waals surface area contributed by atoms with Crippen LogP contribution in [-0.4, -0.2) is 18.1 Å². The van der Waals surface area contributed by atoms with Crippen LogP contribution in [0.1, 0.15) is 17.7 Å². The van der Waals surface area contributed by atoms with Gasteiger partial charge in [0.05, 0.1) is 12.6 Å². The maximum atomic E-state index is 13.5. The molecule has 2 rings (SSSR count). The summed E-state index contributed by atoms with van der Waals surface area (Å²) in [5.41, 5.74) is 2.35. The highest BCUT2D eigenvalue weighted by Gasteiger charge is 2.08. The van der Waals surface area contributed by atoms with E-state index in [0.717, 1.165) is 22.2 Å². The molecule has 0 unspecified atom stereocenters. The molecule has 18 heavy (non-hydrogen) atoms. The predicted octanol–water partition coefficient (Wildman–Crippen LogP) is 2.79. The van der Waals surface area contributed by atoms with Crippen molar-refractivity contribution in [2.75, 3.05) is 7.11 Å². The van der Waals surface area contributed by atoms with E-state index in [0.29, 0.717) is 6.42 Å². The summed E-state index contributed by atoms with van der Waals surface area (Å²) in [7, 11) is 1.34. The number of rotatable bonds is 3. The zero-order chi connectivity index (χ0) is 13.1. The minimum absolute atomic E-state index is 0.227. The molecule has 1 aromatic heterocycles. The van der Waals surface area contributed by atoms with Crippen LogP contribution < -0.4 is 0 Å². The van der Waals surface area contributed by atoms with Gasteiger partial charge in [-0.3, -0.25) is 9.78 Å². The molecule has 0 radical (unpaired) electrons. The molecule has 3 nitrogen and oxygen atoms in total. The molecule has 0 amide bonds. The van der Waals surface area contributed by atoms with Crippen LogP contribution in [0.25, 0.3) is 10.9 Å². The molecule has 0 aliphatic heterocycles. The van der Waals surface area contributed by atoms with Gasteiger partial charge in [0, 0.05) is 17.5 Å². The summed E-state index contributed by atoms with van der Waals surface area (Å²) in [6.45, 7) is 1.88. The zero-order valence-electron chi connectivity index (χ0n) is 10.4. The molecular weight excluding hydrogens is 233 g/mol. The number of hydrogen-bond acceptors (Lipinski definition) is 3. The van der Waals surface area contributed by atoms with E-state index in [4.69, 9.17) is 0 Å². The van der Waals surface area contributed by atoms with Crippen molar-refractivity contribution in [3.8, 4) is 0 Å². The average Bonchev–Trinajstić information content (AvgIpc) is 2.36. The first kappa shape index (κ1) is 12.5. The van der Waals surface area contributed by atoms with E-state index in [2.05, 4.69) is 9.72 Å². The first-order valence-corrected chi connectivity index (χ1v) is 5.73. The van der Waals surface area contributed by atoms with Crippen molar-refractivity contribution in [1.29, 1.82) is 0 Å². The Kier molecular flexibility index (Phi) is 3.55. The lowest BCUT2D eigenvalue weighted by Crippen LogP contribution is -2.03. The Labute approximate surface area is 105 Å². The molecule has 0 spiro atoms. The number of halogens is 1. The Bertz CT molecular complexity index is 596. The van der Waals surface area contributed by atoms with Gasteiger partial charge in [-0.05, 0) is 37.1 Å². The number of carbonyl (C=O) groups is 1. The standard InChI is InChI=1S/C14H14FNO2/c1-9-3-4-10-7-12(15)8-11(14(10)16-9)5-6-13(17)18-2/h3-4,7-8H,5-6H2,1-2H3. The number of carbonyl (C=O) groups excluding carboxylic acids is 1. The number of ether oxygens (including phenoxy) is 1. The minimum Gasteiger partial charge on any atom is -0.469 e. The number of pyridine rings is 1. The van der Waals surface area contributed by atoms with Crippen molar-refractivity contribution in [3.05, 3.63) is 41.3 Å². The molecule has 0 saturated heterocycles. The molecule has 0 N–H and O–H groups in total. The van der Waals surface area contributed by atoms with Crippen LogP contribution in [0.15, 0.2) is 24.3 Å². The van der Waals surface area contributed by atoms with Crippen molar-refractivity contribution < 1.29 is 13.9 Å². The summed E-state index contributed by atoms with van der Waals surface area (Å²) in [5, 5.41) is 0.750. The van der Waals surface area contributed by atoms with E-state index in [9.17, 15) is 9.18 Å². The van der Waals surface area contributed by atoms with E-state index >= 15 is 0 Å². The number of hydrogen-bond donors (Lipinski definition) is 0. The monoisotopic (exact) mass is 247 g/mol. The molecule has 0 saturated carbocycles. The Morgan fingerprint density at radius 1 is 1.39 bits per heavy atom. The van der Waals surface area contributed by atoms with Crippen LogP contribution in [0.5, 0.6) is 0 Å². The summed E-state index contributed by atoms with van der Waals surface area (Å²) in [6.07, 6.45) is 0.655. The highest BCUT2D eigenvalue weighted by molar-refractivity contribution is 5.82. The zero-order valence-corrected chi connectivity index (χ0v) is 10.4. The second-order valence-electron chi connectivity index (χ2n) is 4.17. The number of fused-ring (bicyclic) bond motifs is 1. The fourth-order valence-corrected chi connectivity index (χ4v) is 1.90. The van der Waals surface area contributed by atoms with E-state index in [1.54, 1.807) is 0 Å².